The number of carbonyl (C=O) groups excluding carboxylic acids is 3. The topological polar surface area (TPSA) is 252 Å². The third-order valence-electron chi connectivity index (χ3n) is 5.49. The molecule has 3 amide bonds. The first-order valence-electron chi connectivity index (χ1n) is 11.4. The van der Waals surface area contributed by atoms with Gasteiger partial charge in [-0.3, -0.25) is 19.4 Å². The van der Waals surface area contributed by atoms with Gasteiger partial charge in [0.15, 0.2) is 5.96 Å². The molecule has 4 atom stereocenters. The average molecular weight is 487 g/mol. The van der Waals surface area contributed by atoms with Gasteiger partial charge in [0.05, 0.1) is 6.61 Å². The summed E-state index contributed by atoms with van der Waals surface area (Å²) >= 11 is 0. The molecule has 0 aromatic heterocycles. The van der Waals surface area contributed by atoms with Crippen LogP contribution in [-0.2, 0) is 19.2 Å². The third kappa shape index (κ3) is 9.49. The number of nitrogens with two attached hydrogens (primary N) is 4. The maximum Gasteiger partial charge on any atom is 0.326 e. The van der Waals surface area contributed by atoms with Crippen molar-refractivity contribution >= 4 is 29.7 Å². The zero-order valence-corrected chi connectivity index (χ0v) is 19.3. The van der Waals surface area contributed by atoms with E-state index in [0.29, 0.717) is 38.6 Å². The summed E-state index contributed by atoms with van der Waals surface area (Å²) in [6, 6.07) is -4.23. The van der Waals surface area contributed by atoms with Gasteiger partial charge in [-0.1, -0.05) is 0 Å². The lowest BCUT2D eigenvalue weighted by Crippen LogP contribution is -2.57. The van der Waals surface area contributed by atoms with Crippen molar-refractivity contribution in [2.75, 3.05) is 26.2 Å². The molecule has 0 spiro atoms. The minimum absolute atomic E-state index is 0.111. The number of guanidine groups is 1. The molecule has 14 heteroatoms. The standard InChI is InChI=1S/C20H38N8O6/c21-8-2-1-5-13(26-16(30)12(22)11-29)17(31)27-14(6-3-9-25-20(23)24)18(32)28-10-4-7-15(28)19(33)34/h12-15,29H,1-11,21-22H2,(H,26,30)(H,27,31)(H,33,34)(H4,23,24,25). The van der Waals surface area contributed by atoms with Crippen LogP contribution in [0, 0.1) is 0 Å². The van der Waals surface area contributed by atoms with E-state index in [1.54, 1.807) is 0 Å². The Morgan fingerprint density at radius 3 is 2.26 bits per heavy atom. The molecule has 0 aromatic carbocycles. The molecule has 14 nitrogen and oxygen atoms in total. The number of carbonyl (C=O) groups is 4. The quantitative estimate of drug-likeness (QED) is 0.0644. The fraction of sp³-hybridized carbons (Fsp3) is 0.750. The predicted molar refractivity (Wildman–Crippen MR) is 124 cm³/mol. The molecule has 0 bridgehead atoms. The molecule has 1 fully saturated rings. The Kier molecular flexibility index (Phi) is 12.8. The summed E-state index contributed by atoms with van der Waals surface area (Å²) in [7, 11) is 0. The fourth-order valence-electron chi connectivity index (χ4n) is 3.64. The summed E-state index contributed by atoms with van der Waals surface area (Å²) in [6.07, 6.45) is 2.74. The van der Waals surface area contributed by atoms with Crippen LogP contribution in [0.3, 0.4) is 0 Å². The monoisotopic (exact) mass is 486 g/mol. The van der Waals surface area contributed by atoms with Gasteiger partial charge in [-0.25, -0.2) is 4.79 Å². The molecule has 1 aliphatic heterocycles. The Labute approximate surface area is 198 Å². The van der Waals surface area contributed by atoms with Crippen molar-refractivity contribution in [3.63, 3.8) is 0 Å². The van der Waals surface area contributed by atoms with E-state index in [1.165, 1.54) is 4.90 Å². The van der Waals surface area contributed by atoms with Gasteiger partial charge in [0, 0.05) is 13.1 Å². The molecule has 0 aromatic rings. The Hall–Kier alpha value is -2.97. The van der Waals surface area contributed by atoms with Crippen LogP contribution in [0.5, 0.6) is 0 Å². The van der Waals surface area contributed by atoms with Crippen LogP contribution in [0.4, 0.5) is 0 Å². The van der Waals surface area contributed by atoms with Gasteiger partial charge in [-0.05, 0) is 51.5 Å². The number of aliphatic hydroxyl groups excluding tert-OH is 1. The number of carboxylic acids is 1. The number of nitrogens with zero attached hydrogens (tertiary/aromatic N) is 2. The summed E-state index contributed by atoms with van der Waals surface area (Å²) in [5.41, 5.74) is 21.7. The molecular formula is C20H38N8O6. The van der Waals surface area contributed by atoms with E-state index in [-0.39, 0.29) is 31.9 Å². The van der Waals surface area contributed by atoms with Gasteiger partial charge < -0.3 is 48.7 Å². The largest absolute Gasteiger partial charge is 0.480 e. The highest BCUT2D eigenvalue weighted by molar-refractivity contribution is 5.94. The zero-order chi connectivity index (χ0) is 25.7. The molecule has 0 aliphatic carbocycles. The molecule has 0 saturated carbocycles. The SMILES string of the molecule is NCCCCC(NC(=O)C(N)CO)C(=O)NC(CCCN=C(N)N)C(=O)N1CCCC1C(=O)O. The summed E-state index contributed by atoms with van der Waals surface area (Å²) in [4.78, 5) is 55.1. The number of aliphatic carboxylic acids is 1. The van der Waals surface area contributed by atoms with E-state index in [4.69, 9.17) is 28.0 Å². The van der Waals surface area contributed by atoms with Gasteiger partial charge in [0.2, 0.25) is 17.7 Å². The van der Waals surface area contributed by atoms with Crippen molar-refractivity contribution in [3.05, 3.63) is 0 Å². The van der Waals surface area contributed by atoms with Crippen LogP contribution in [-0.4, -0.2) is 95.2 Å². The Balaban J connectivity index is 3.01. The second-order valence-corrected chi connectivity index (χ2v) is 8.17. The fourth-order valence-corrected chi connectivity index (χ4v) is 3.64. The number of amides is 3. The molecule has 1 rings (SSSR count). The number of unbranched alkanes of at least 4 members (excludes halogenated alkanes) is 1. The number of hydrogen-bond donors (Lipinski definition) is 8. The first-order chi connectivity index (χ1) is 16.1. The van der Waals surface area contributed by atoms with Gasteiger partial charge in [-0.2, -0.15) is 0 Å². The van der Waals surface area contributed by atoms with Crippen LogP contribution >= 0.6 is 0 Å². The minimum atomic E-state index is -1.21. The highest BCUT2D eigenvalue weighted by atomic mass is 16.4. The van der Waals surface area contributed by atoms with E-state index in [1.807, 2.05) is 0 Å². The average Bonchev–Trinajstić information content (AvgIpc) is 3.29. The van der Waals surface area contributed by atoms with Crippen LogP contribution in [0.15, 0.2) is 4.99 Å². The molecule has 4 unspecified atom stereocenters. The lowest BCUT2D eigenvalue weighted by molar-refractivity contribution is -0.149. The number of hydrogen-bond acceptors (Lipinski definition) is 8. The molecule has 194 valence electrons. The maximum absolute atomic E-state index is 13.2. The van der Waals surface area contributed by atoms with Gasteiger partial charge in [0.1, 0.15) is 24.2 Å². The van der Waals surface area contributed by atoms with Crippen molar-refractivity contribution in [3.8, 4) is 0 Å². The van der Waals surface area contributed by atoms with E-state index >= 15 is 0 Å². The smallest absolute Gasteiger partial charge is 0.326 e. The van der Waals surface area contributed by atoms with Crippen molar-refractivity contribution in [1.29, 1.82) is 0 Å². The van der Waals surface area contributed by atoms with Gasteiger partial charge >= 0.3 is 5.97 Å². The summed E-state index contributed by atoms with van der Waals surface area (Å²) in [5.74, 6) is -3.08. The number of nitrogens with one attached hydrogen (secondary N) is 2. The number of carboxylic acid groups (broad SMARTS) is 1. The van der Waals surface area contributed by atoms with E-state index in [2.05, 4.69) is 15.6 Å². The molecule has 1 aliphatic rings. The summed E-state index contributed by atoms with van der Waals surface area (Å²) in [6.45, 7) is 0.279. The highest BCUT2D eigenvalue weighted by Gasteiger charge is 2.38. The molecule has 34 heavy (non-hydrogen) atoms. The Morgan fingerprint density at radius 2 is 1.68 bits per heavy atom. The predicted octanol–water partition coefficient (Wildman–Crippen LogP) is -3.47. The minimum Gasteiger partial charge on any atom is -0.480 e. The lowest BCUT2D eigenvalue weighted by Gasteiger charge is -2.29. The van der Waals surface area contributed by atoms with Crippen LogP contribution in [0.1, 0.15) is 44.9 Å². The molecule has 0 radical (unpaired) electrons. The second-order valence-electron chi connectivity index (χ2n) is 8.17. The number of aliphatic imine (C=N–C) groups is 1. The summed E-state index contributed by atoms with van der Waals surface area (Å²) < 4.78 is 0. The molecule has 1 saturated heterocycles. The Bertz CT molecular complexity index is 730. The van der Waals surface area contributed by atoms with Crippen molar-refractivity contribution in [1.82, 2.24) is 15.5 Å². The first kappa shape index (κ1) is 29.1. The van der Waals surface area contributed by atoms with E-state index in [0.717, 1.165) is 0 Å². The maximum atomic E-state index is 13.2. The van der Waals surface area contributed by atoms with Gasteiger partial charge in [0.25, 0.3) is 0 Å². The van der Waals surface area contributed by atoms with Crippen molar-refractivity contribution in [2.45, 2.75) is 69.1 Å². The van der Waals surface area contributed by atoms with E-state index < -0.39 is 54.5 Å². The molecule has 1 heterocycles. The van der Waals surface area contributed by atoms with Gasteiger partial charge in [-0.15, -0.1) is 0 Å². The first-order valence-corrected chi connectivity index (χ1v) is 11.4. The summed E-state index contributed by atoms with van der Waals surface area (Å²) in [5, 5.41) is 23.7. The number of aliphatic hydroxyl groups is 1. The number of rotatable bonds is 15. The lowest BCUT2D eigenvalue weighted by atomic mass is 10.0. The Morgan fingerprint density at radius 1 is 1.03 bits per heavy atom. The highest BCUT2D eigenvalue weighted by Crippen LogP contribution is 2.20. The second kappa shape index (κ2) is 15.0. The van der Waals surface area contributed by atoms with Crippen molar-refractivity contribution in [2.24, 2.45) is 27.9 Å². The molecular weight excluding hydrogens is 448 g/mol. The number of likely N-dealkylation sites (tertiary alicyclic amines) is 1. The zero-order valence-electron chi connectivity index (χ0n) is 19.3. The molecule has 12 N–H and O–H groups in total. The van der Waals surface area contributed by atoms with Crippen LogP contribution in [0.25, 0.3) is 0 Å². The van der Waals surface area contributed by atoms with Crippen LogP contribution < -0.4 is 33.6 Å². The van der Waals surface area contributed by atoms with Crippen molar-refractivity contribution < 1.29 is 29.4 Å². The normalized spacial score (nSPS) is 18.0. The van der Waals surface area contributed by atoms with E-state index in [9.17, 15) is 24.3 Å². The van der Waals surface area contributed by atoms with Crippen LogP contribution in [0.2, 0.25) is 0 Å². The third-order valence-corrected chi connectivity index (χ3v) is 5.49.